The summed E-state index contributed by atoms with van der Waals surface area (Å²) in [5, 5.41) is 16.7. The lowest BCUT2D eigenvalue weighted by Crippen LogP contribution is -2.46. The van der Waals surface area contributed by atoms with E-state index in [0.29, 0.717) is 18.2 Å². The molecule has 0 saturated carbocycles. The maximum atomic E-state index is 12.9. The van der Waals surface area contributed by atoms with Gasteiger partial charge in [-0.05, 0) is 43.7 Å². The first-order valence-corrected chi connectivity index (χ1v) is 16.2. The minimum atomic E-state index is -1.23. The van der Waals surface area contributed by atoms with Gasteiger partial charge in [-0.2, -0.15) is 0 Å². The molecule has 14 heteroatoms. The zero-order valence-corrected chi connectivity index (χ0v) is 28.1. The number of aromatic amines is 2. The molecule has 49 heavy (non-hydrogen) atoms. The number of imidazole rings is 2. The van der Waals surface area contributed by atoms with Gasteiger partial charge in [0.2, 0.25) is 11.8 Å². The Kier molecular flexibility index (Phi) is 10.6. The van der Waals surface area contributed by atoms with Crippen molar-refractivity contribution in [1.29, 1.82) is 0 Å². The second kappa shape index (κ2) is 15.0. The van der Waals surface area contributed by atoms with Gasteiger partial charge in [0.1, 0.15) is 23.7 Å². The highest BCUT2D eigenvalue weighted by atomic mass is 16.5. The number of nitrogens with zero attached hydrogens (tertiary/aromatic N) is 3. The van der Waals surface area contributed by atoms with E-state index in [1.54, 1.807) is 18.7 Å². The number of hydrogen-bond donors (Lipinski definition) is 6. The molecular weight excluding hydrogens is 628 g/mol. The molecule has 6 N–H and O–H groups in total. The average Bonchev–Trinajstić information content (AvgIpc) is 3.88. The van der Waals surface area contributed by atoms with Crippen LogP contribution in [0.2, 0.25) is 0 Å². The van der Waals surface area contributed by atoms with Gasteiger partial charge in [0.25, 0.3) is 0 Å². The number of likely N-dealkylation sites (tertiary alicyclic amines) is 1. The number of alkyl carbamates (subject to hydrolysis) is 1. The first kappa shape index (κ1) is 34.7. The number of carboxylic acid groups (broad SMARTS) is 1. The van der Waals surface area contributed by atoms with Crippen LogP contribution in [-0.4, -0.2) is 79.7 Å². The summed E-state index contributed by atoms with van der Waals surface area (Å²) in [6.07, 6.45) is 3.29. The van der Waals surface area contributed by atoms with Crippen LogP contribution in [0.4, 0.5) is 9.59 Å². The highest BCUT2D eigenvalue weighted by Gasteiger charge is 2.34. The maximum Gasteiger partial charge on any atom is 0.407 e. The number of ether oxygens (including phenoxy) is 1. The van der Waals surface area contributed by atoms with Crippen LogP contribution in [0.3, 0.4) is 0 Å². The molecule has 2 aromatic carbocycles. The fourth-order valence-corrected chi connectivity index (χ4v) is 5.91. The number of methoxy groups -OCH3 is 1. The van der Waals surface area contributed by atoms with Gasteiger partial charge in [-0.15, -0.1) is 0 Å². The van der Waals surface area contributed by atoms with Gasteiger partial charge in [-0.3, -0.25) is 9.59 Å². The van der Waals surface area contributed by atoms with Crippen molar-refractivity contribution >= 4 is 24.0 Å². The molecule has 258 valence electrons. The van der Waals surface area contributed by atoms with Gasteiger partial charge >= 0.3 is 12.2 Å². The van der Waals surface area contributed by atoms with Crippen LogP contribution < -0.4 is 16.0 Å². The molecule has 14 nitrogen and oxygen atoms in total. The van der Waals surface area contributed by atoms with Crippen LogP contribution in [0.1, 0.15) is 64.3 Å². The predicted octanol–water partition coefficient (Wildman–Crippen LogP) is 5.01. The molecule has 1 aliphatic heterocycles. The van der Waals surface area contributed by atoms with Crippen LogP contribution in [0, 0.1) is 5.92 Å². The van der Waals surface area contributed by atoms with Crippen molar-refractivity contribution in [2.24, 2.45) is 5.92 Å². The monoisotopic (exact) mass is 670 g/mol. The van der Waals surface area contributed by atoms with E-state index < -0.39 is 30.3 Å². The van der Waals surface area contributed by atoms with Crippen LogP contribution in [0.15, 0.2) is 60.9 Å². The zero-order valence-electron chi connectivity index (χ0n) is 28.1. The fraction of sp³-hybridized carbons (Fsp3) is 0.371. The Labute approximate surface area is 284 Å². The Morgan fingerprint density at radius 2 is 1.39 bits per heavy atom. The maximum absolute atomic E-state index is 12.9. The van der Waals surface area contributed by atoms with Crippen LogP contribution in [0.25, 0.3) is 33.6 Å². The smallest absolute Gasteiger partial charge is 0.407 e. The molecule has 0 aliphatic carbocycles. The van der Waals surface area contributed by atoms with Crippen molar-refractivity contribution in [1.82, 2.24) is 40.8 Å². The molecule has 0 radical (unpaired) electrons. The summed E-state index contributed by atoms with van der Waals surface area (Å²) in [6.45, 7) is 7.64. The van der Waals surface area contributed by atoms with E-state index in [9.17, 15) is 19.2 Å². The summed E-state index contributed by atoms with van der Waals surface area (Å²) in [4.78, 5) is 65.8. The van der Waals surface area contributed by atoms with Crippen molar-refractivity contribution < 1.29 is 29.0 Å². The average molecular weight is 671 g/mol. The summed E-state index contributed by atoms with van der Waals surface area (Å²) in [5.74, 6) is 0.707. The molecule has 4 atom stereocenters. The molecule has 1 aliphatic rings. The molecule has 2 aromatic heterocycles. The highest BCUT2D eigenvalue weighted by molar-refractivity contribution is 5.86. The Hall–Kier alpha value is -5.66. The molecule has 5 rings (SSSR count). The number of benzene rings is 2. The second-order valence-electron chi connectivity index (χ2n) is 12.4. The summed E-state index contributed by atoms with van der Waals surface area (Å²) < 4.78 is 4.58. The van der Waals surface area contributed by atoms with Gasteiger partial charge in [0.15, 0.2) is 0 Å². The summed E-state index contributed by atoms with van der Waals surface area (Å²) >= 11 is 0. The molecule has 3 heterocycles. The fourth-order valence-electron chi connectivity index (χ4n) is 5.91. The second-order valence-corrected chi connectivity index (χ2v) is 12.4. The topological polar surface area (TPSA) is 194 Å². The van der Waals surface area contributed by atoms with Crippen molar-refractivity contribution in [2.75, 3.05) is 13.7 Å². The number of hydrogen-bond acceptors (Lipinski definition) is 7. The molecule has 4 aromatic rings. The van der Waals surface area contributed by atoms with E-state index in [1.165, 1.54) is 7.11 Å². The number of rotatable bonds is 11. The van der Waals surface area contributed by atoms with E-state index in [2.05, 4.69) is 30.7 Å². The van der Waals surface area contributed by atoms with E-state index in [-0.39, 0.29) is 23.8 Å². The van der Waals surface area contributed by atoms with Crippen molar-refractivity contribution in [3.05, 3.63) is 72.6 Å². The molecular formula is C35H42N8O6. The number of carbonyl (C=O) groups is 4. The first-order valence-electron chi connectivity index (χ1n) is 16.2. The van der Waals surface area contributed by atoms with Crippen LogP contribution in [-0.2, 0) is 14.3 Å². The highest BCUT2D eigenvalue weighted by Crippen LogP contribution is 2.33. The molecule has 4 amide bonds. The normalized spacial score (nSPS) is 16.1. The van der Waals surface area contributed by atoms with Crippen LogP contribution in [0.5, 0.6) is 0 Å². The number of nitrogens with one attached hydrogen (secondary N) is 5. The van der Waals surface area contributed by atoms with E-state index in [1.807, 2.05) is 74.8 Å². The summed E-state index contributed by atoms with van der Waals surface area (Å²) in [7, 11) is 1.24. The molecule has 0 bridgehead atoms. The Morgan fingerprint density at radius 1 is 0.816 bits per heavy atom. The van der Waals surface area contributed by atoms with E-state index in [4.69, 9.17) is 15.1 Å². The molecule has 0 unspecified atom stereocenters. The van der Waals surface area contributed by atoms with E-state index in [0.717, 1.165) is 46.5 Å². The molecule has 1 fully saturated rings. The SMILES string of the molecule is COC(=O)N[C@@H](C)C(=O)N[C@@H](c1nc(-c2ccc(-c3ccc(-c4c[nH]c([C@@H]5CCCN5C(=O)[C@H](C)NC(=O)O)n4)cc3)cc2)c[nH]1)C(C)C. The lowest BCUT2D eigenvalue weighted by molar-refractivity contribution is -0.134. The number of carbonyl (C=O) groups excluding carboxylic acids is 3. The quantitative estimate of drug-likeness (QED) is 0.128. The van der Waals surface area contributed by atoms with Crippen molar-refractivity contribution in [3.8, 4) is 33.6 Å². The van der Waals surface area contributed by atoms with Gasteiger partial charge in [0.05, 0.1) is 30.6 Å². The van der Waals surface area contributed by atoms with Gasteiger partial charge in [0, 0.05) is 30.1 Å². The number of aromatic nitrogens is 4. The van der Waals surface area contributed by atoms with Gasteiger partial charge in [-0.25, -0.2) is 19.6 Å². The number of amides is 4. The minimum absolute atomic E-state index is 0.0325. The summed E-state index contributed by atoms with van der Waals surface area (Å²) in [5.41, 5.74) is 5.38. The lowest BCUT2D eigenvalue weighted by atomic mass is 10.0. The lowest BCUT2D eigenvalue weighted by Gasteiger charge is -2.26. The molecule has 0 spiro atoms. The molecule has 1 saturated heterocycles. The van der Waals surface area contributed by atoms with Gasteiger partial charge in [-0.1, -0.05) is 62.4 Å². The van der Waals surface area contributed by atoms with Crippen molar-refractivity contribution in [2.45, 2.75) is 64.7 Å². The Balaban J connectivity index is 1.23. The third-order valence-corrected chi connectivity index (χ3v) is 8.62. The van der Waals surface area contributed by atoms with Crippen molar-refractivity contribution in [3.63, 3.8) is 0 Å². The minimum Gasteiger partial charge on any atom is -0.465 e. The van der Waals surface area contributed by atoms with E-state index >= 15 is 0 Å². The third kappa shape index (κ3) is 8.08. The van der Waals surface area contributed by atoms with Gasteiger partial charge < -0.3 is 40.7 Å². The standard InChI is InChI=1S/C35H42N8O6/c1-19(2)29(42-32(44)20(3)39-35(48)49-5)31-37-18-27(41-31)25-14-10-23(11-15-25)22-8-12-24(13-9-22)26-17-36-30(40-26)28-7-6-16-43(28)33(45)21(4)38-34(46)47/h8-15,17-21,28-29,38H,6-7,16H2,1-5H3,(H,36,40)(H,37,41)(H,39,48)(H,42,44)(H,46,47)/t20-,21-,28-,29+/m0/s1. The first-order chi connectivity index (χ1) is 23.4. The Morgan fingerprint density at radius 3 is 1.96 bits per heavy atom. The summed E-state index contributed by atoms with van der Waals surface area (Å²) in [6, 6.07) is 13.9. The third-order valence-electron chi connectivity index (χ3n) is 8.62. The Bertz CT molecular complexity index is 1780. The number of H-pyrrole nitrogens is 2. The predicted molar refractivity (Wildman–Crippen MR) is 182 cm³/mol. The largest absolute Gasteiger partial charge is 0.465 e. The zero-order chi connectivity index (χ0) is 35.2. The van der Waals surface area contributed by atoms with Crippen LogP contribution >= 0.6 is 0 Å².